The third-order valence-corrected chi connectivity index (χ3v) is 14.0. The zero-order chi connectivity index (χ0) is 36.5. The van der Waals surface area contributed by atoms with Crippen LogP contribution in [0.15, 0.2) is 59.5 Å². The van der Waals surface area contributed by atoms with Crippen LogP contribution in [-0.2, 0) is 21.2 Å². The van der Waals surface area contributed by atoms with E-state index in [4.69, 9.17) is 0 Å². The van der Waals surface area contributed by atoms with Gasteiger partial charge in [0.25, 0.3) is 0 Å². The first-order chi connectivity index (χ1) is 24.2. The minimum Gasteiger partial charge on any atom is -0.338 e. The number of rotatable bonds is 11. The molecule has 4 heterocycles. The third-order valence-electron chi connectivity index (χ3n) is 10.2. The van der Waals surface area contributed by atoms with Gasteiger partial charge in [0.15, 0.2) is 0 Å². The lowest BCUT2D eigenvalue weighted by atomic mass is 10.0. The lowest BCUT2D eigenvalue weighted by Crippen LogP contribution is -2.57. The summed E-state index contributed by atoms with van der Waals surface area (Å²) in [6.07, 6.45) is 3.14. The Balaban J connectivity index is 1.17. The van der Waals surface area contributed by atoms with E-state index in [9.17, 15) is 22.8 Å². The first-order valence-corrected chi connectivity index (χ1v) is 23.6. The first kappa shape index (κ1) is 36.9. The molecule has 2 fully saturated rings. The Labute approximate surface area is 301 Å². The van der Waals surface area contributed by atoms with E-state index in [1.165, 1.54) is 3.97 Å². The zero-order valence-corrected chi connectivity index (χ0v) is 32.4. The van der Waals surface area contributed by atoms with Gasteiger partial charge in [-0.1, -0.05) is 51.7 Å². The number of nitrogens with one attached hydrogen (secondary N) is 2. The van der Waals surface area contributed by atoms with Crippen LogP contribution in [0.2, 0.25) is 25.7 Å². The minimum absolute atomic E-state index is 0.0318. The fourth-order valence-corrected chi connectivity index (χ4v) is 11.8. The highest BCUT2D eigenvalue weighted by molar-refractivity contribution is 7.90. The van der Waals surface area contributed by atoms with E-state index in [1.54, 1.807) is 21.7 Å². The summed E-state index contributed by atoms with van der Waals surface area (Å²) < 4.78 is 29.7. The molecule has 1 atom stereocenters. The smallest absolute Gasteiger partial charge is 0.326 e. The molecule has 2 aromatic carbocycles. The highest BCUT2D eigenvalue weighted by Gasteiger charge is 2.32. The van der Waals surface area contributed by atoms with Crippen LogP contribution >= 0.6 is 0 Å². The predicted octanol–water partition coefficient (Wildman–Crippen LogP) is 4.56. The summed E-state index contributed by atoms with van der Waals surface area (Å²) in [5.74, 6) is 0.536. The van der Waals surface area contributed by atoms with Crippen molar-refractivity contribution in [1.82, 2.24) is 33.5 Å². The van der Waals surface area contributed by atoms with Gasteiger partial charge in [0.05, 0.1) is 22.3 Å². The van der Waals surface area contributed by atoms with Crippen molar-refractivity contribution < 1.29 is 18.0 Å². The van der Waals surface area contributed by atoms with Crippen LogP contribution in [0, 0.1) is 5.92 Å². The van der Waals surface area contributed by atoms with E-state index in [1.807, 2.05) is 47.4 Å². The van der Waals surface area contributed by atoms with Gasteiger partial charge < -0.3 is 20.1 Å². The molecule has 4 aromatic rings. The number of imidazole rings is 1. The molecule has 3 amide bonds. The molecule has 1 unspecified atom stereocenters. The molecule has 6 rings (SSSR count). The quantitative estimate of drug-likeness (QED) is 0.217. The van der Waals surface area contributed by atoms with Crippen molar-refractivity contribution >= 4 is 52.0 Å². The van der Waals surface area contributed by atoms with E-state index in [-0.39, 0.29) is 35.8 Å². The molecule has 0 saturated carbocycles. The first-order valence-electron chi connectivity index (χ1n) is 18.3. The van der Waals surface area contributed by atoms with Crippen molar-refractivity contribution in [2.24, 2.45) is 5.92 Å². The summed E-state index contributed by atoms with van der Waals surface area (Å²) in [5.41, 5.74) is 2.97. The molecule has 12 nitrogen and oxygen atoms in total. The number of para-hydroxylation sites is 2. The molecule has 276 valence electrons. The van der Waals surface area contributed by atoms with E-state index in [2.05, 4.69) is 48.7 Å². The number of urea groups is 1. The summed E-state index contributed by atoms with van der Waals surface area (Å²) in [5, 5.41) is 3.86. The lowest BCUT2D eigenvalue weighted by Gasteiger charge is -2.38. The molecule has 51 heavy (non-hydrogen) atoms. The standard InChI is InChI=1S/C37H53N7O5SSi/c1-27(2)26-40-18-20-41(21-19-40)35(45)32(25-28-10-11-33-29(24-28)12-17-43(33)50(48,49)22-23-51(3,4)5)39-36(46)42-15-13-30(14-16-42)44-34-9-7-6-8-31(34)38-37(44)47/h6-12,17,24,27,30,32H,13-16,18-23,25-26H2,1-5H3,(H,38,47)(H,39,46). The van der Waals surface area contributed by atoms with Gasteiger partial charge in [-0.05, 0) is 60.7 Å². The molecular weight excluding hydrogens is 683 g/mol. The van der Waals surface area contributed by atoms with Gasteiger partial charge in [0.1, 0.15) is 6.04 Å². The molecule has 2 N–H and O–H groups in total. The second-order valence-corrected chi connectivity index (χ2v) is 23.5. The normalized spacial score (nSPS) is 17.5. The fraction of sp³-hybridized carbons (Fsp3) is 0.541. The number of piperidine rings is 1. The number of H-pyrrole nitrogens is 1. The lowest BCUT2D eigenvalue weighted by molar-refractivity contribution is -0.135. The van der Waals surface area contributed by atoms with Crippen LogP contribution in [0.3, 0.4) is 0 Å². The average molecular weight is 736 g/mol. The average Bonchev–Trinajstić information content (AvgIpc) is 3.67. The SMILES string of the molecule is CC(C)CN1CCN(C(=O)C(Cc2ccc3c(ccn3S(=O)(=O)CC[Si](C)(C)C)c2)NC(=O)N2CCC(n3c(=O)[nH]c4ccccc43)CC2)CC1. The van der Waals surface area contributed by atoms with Crippen molar-refractivity contribution in [3.63, 3.8) is 0 Å². The van der Waals surface area contributed by atoms with Crippen molar-refractivity contribution in [3.8, 4) is 0 Å². The largest absolute Gasteiger partial charge is 0.338 e. The van der Waals surface area contributed by atoms with E-state index < -0.39 is 24.1 Å². The van der Waals surface area contributed by atoms with Crippen molar-refractivity contribution in [2.45, 2.75) is 70.9 Å². The van der Waals surface area contributed by atoms with Crippen molar-refractivity contribution in [3.05, 3.63) is 70.8 Å². The second-order valence-electron chi connectivity index (χ2n) is 15.9. The van der Waals surface area contributed by atoms with Gasteiger partial charge in [-0.25, -0.2) is 22.0 Å². The number of nitrogens with zero attached hydrogens (tertiary/aromatic N) is 5. The Morgan fingerprint density at radius 1 is 0.922 bits per heavy atom. The third kappa shape index (κ3) is 8.61. The van der Waals surface area contributed by atoms with Crippen LogP contribution in [0.5, 0.6) is 0 Å². The number of piperazine rings is 1. The Kier molecular flexibility index (Phi) is 10.8. The fourth-order valence-electron chi connectivity index (χ4n) is 7.40. The molecule has 2 aromatic heterocycles. The summed E-state index contributed by atoms with van der Waals surface area (Å²) >= 11 is 0. The van der Waals surface area contributed by atoms with Gasteiger partial charge in [0.2, 0.25) is 15.9 Å². The van der Waals surface area contributed by atoms with Gasteiger partial charge in [-0.3, -0.25) is 14.3 Å². The topological polar surface area (TPSA) is 133 Å². The molecule has 2 aliphatic heterocycles. The van der Waals surface area contributed by atoms with Crippen LogP contribution in [0.1, 0.15) is 38.3 Å². The maximum atomic E-state index is 14.1. The van der Waals surface area contributed by atoms with Gasteiger partial charge in [-0.2, -0.15) is 0 Å². The molecule has 0 radical (unpaired) electrons. The van der Waals surface area contributed by atoms with E-state index in [0.717, 1.165) is 41.6 Å². The van der Waals surface area contributed by atoms with Gasteiger partial charge in [-0.15, -0.1) is 0 Å². The van der Waals surface area contributed by atoms with E-state index >= 15 is 0 Å². The van der Waals surface area contributed by atoms with Crippen LogP contribution in [-0.4, -0.2) is 114 Å². The summed E-state index contributed by atoms with van der Waals surface area (Å²) in [4.78, 5) is 49.6. The van der Waals surface area contributed by atoms with Crippen molar-refractivity contribution in [1.29, 1.82) is 0 Å². The molecule has 2 aliphatic rings. The summed E-state index contributed by atoms with van der Waals surface area (Å²) in [6.45, 7) is 15.6. The number of benzene rings is 2. The number of amides is 3. The Hall–Kier alpha value is -3.88. The Bertz CT molecular complexity index is 2030. The summed E-state index contributed by atoms with van der Waals surface area (Å²) in [6, 6.07) is 14.6. The maximum absolute atomic E-state index is 14.1. The Morgan fingerprint density at radius 2 is 1.63 bits per heavy atom. The number of hydrogen-bond acceptors (Lipinski definition) is 6. The van der Waals surface area contributed by atoms with Crippen LogP contribution in [0.4, 0.5) is 4.79 Å². The molecule has 2 saturated heterocycles. The van der Waals surface area contributed by atoms with Gasteiger partial charge >= 0.3 is 11.7 Å². The molecule has 0 spiro atoms. The number of fused-ring (bicyclic) bond motifs is 2. The van der Waals surface area contributed by atoms with Crippen LogP contribution in [0.25, 0.3) is 21.9 Å². The predicted molar refractivity (Wildman–Crippen MR) is 206 cm³/mol. The van der Waals surface area contributed by atoms with Crippen LogP contribution < -0.4 is 11.0 Å². The Morgan fingerprint density at radius 3 is 2.31 bits per heavy atom. The number of hydrogen-bond donors (Lipinski definition) is 2. The second kappa shape index (κ2) is 15.0. The number of aromatic nitrogens is 3. The number of carbonyl (C=O) groups is 2. The summed E-state index contributed by atoms with van der Waals surface area (Å²) in [7, 11) is -5.06. The number of aromatic amines is 1. The molecular formula is C37H53N7O5SSi. The monoisotopic (exact) mass is 735 g/mol. The minimum atomic E-state index is -3.51. The maximum Gasteiger partial charge on any atom is 0.326 e. The molecule has 0 aliphatic carbocycles. The molecule has 0 bridgehead atoms. The molecule has 14 heteroatoms. The van der Waals surface area contributed by atoms with Gasteiger partial charge in [0, 0.05) is 77.9 Å². The number of likely N-dealkylation sites (tertiary alicyclic amines) is 1. The number of carbonyl (C=O) groups excluding carboxylic acids is 2. The highest BCUT2D eigenvalue weighted by Crippen LogP contribution is 2.26. The highest BCUT2D eigenvalue weighted by atomic mass is 32.2. The van der Waals surface area contributed by atoms with E-state index in [0.29, 0.717) is 56.5 Å². The zero-order valence-electron chi connectivity index (χ0n) is 30.6. The van der Waals surface area contributed by atoms with Crippen molar-refractivity contribution in [2.75, 3.05) is 51.6 Å².